The summed E-state index contributed by atoms with van der Waals surface area (Å²) < 4.78 is 7.24. The van der Waals surface area contributed by atoms with Gasteiger partial charge in [-0.05, 0) is 25.3 Å². The molecule has 0 radical (unpaired) electrons. The van der Waals surface area contributed by atoms with Crippen molar-refractivity contribution in [3.05, 3.63) is 18.0 Å². The Bertz CT molecular complexity index is 355. The van der Waals surface area contributed by atoms with Gasteiger partial charge in [-0.1, -0.05) is 12.8 Å². The molecule has 1 aliphatic rings. The van der Waals surface area contributed by atoms with Gasteiger partial charge < -0.3 is 15.2 Å². The van der Waals surface area contributed by atoms with E-state index in [1.807, 2.05) is 0 Å². The molecular formula is C14H25N3O2. The number of rotatable bonds is 8. The fourth-order valence-electron chi connectivity index (χ4n) is 2.69. The summed E-state index contributed by atoms with van der Waals surface area (Å²) in [5, 5.41) is 17.0. The predicted octanol–water partition coefficient (Wildman–Crippen LogP) is 1.49. The van der Waals surface area contributed by atoms with Crippen LogP contribution in [0.4, 0.5) is 0 Å². The van der Waals surface area contributed by atoms with Gasteiger partial charge in [-0.15, -0.1) is 0 Å². The fourth-order valence-corrected chi connectivity index (χ4v) is 2.69. The summed E-state index contributed by atoms with van der Waals surface area (Å²) >= 11 is 0. The van der Waals surface area contributed by atoms with Gasteiger partial charge >= 0.3 is 0 Å². The normalized spacial score (nSPS) is 18.0. The van der Waals surface area contributed by atoms with Gasteiger partial charge in [0.15, 0.2) is 0 Å². The number of ether oxygens (including phenoxy) is 1. The minimum Gasteiger partial charge on any atom is -0.396 e. The molecule has 5 heteroatoms. The molecule has 1 fully saturated rings. The first kappa shape index (κ1) is 14.5. The van der Waals surface area contributed by atoms with Crippen molar-refractivity contribution in [3.63, 3.8) is 0 Å². The van der Waals surface area contributed by atoms with Crippen LogP contribution in [0.25, 0.3) is 0 Å². The molecule has 1 saturated carbocycles. The smallest absolute Gasteiger partial charge is 0.0762 e. The summed E-state index contributed by atoms with van der Waals surface area (Å²) in [6, 6.07) is 2.86. The van der Waals surface area contributed by atoms with Crippen molar-refractivity contribution in [2.24, 2.45) is 0 Å². The standard InChI is InChI=1S/C14H25N3O2/c1-19-11-13(7-9-18)15-10-12-6-8-17(16-12)14-4-2-3-5-14/h6,8,13-15,18H,2-5,7,9-11H2,1H3. The van der Waals surface area contributed by atoms with Gasteiger partial charge in [0.2, 0.25) is 0 Å². The third-order valence-electron chi connectivity index (χ3n) is 3.78. The van der Waals surface area contributed by atoms with Gasteiger partial charge in [-0.2, -0.15) is 5.10 Å². The molecule has 1 aromatic rings. The highest BCUT2D eigenvalue weighted by molar-refractivity contribution is 5.00. The van der Waals surface area contributed by atoms with Crippen LogP contribution in [-0.2, 0) is 11.3 Å². The molecule has 1 atom stereocenters. The largest absolute Gasteiger partial charge is 0.396 e. The van der Waals surface area contributed by atoms with Gasteiger partial charge in [0.1, 0.15) is 0 Å². The molecule has 5 nitrogen and oxygen atoms in total. The highest BCUT2D eigenvalue weighted by atomic mass is 16.5. The SMILES string of the molecule is COCC(CCO)NCc1ccn(C2CCCC2)n1. The maximum absolute atomic E-state index is 8.99. The minimum absolute atomic E-state index is 0.178. The lowest BCUT2D eigenvalue weighted by molar-refractivity contribution is 0.147. The van der Waals surface area contributed by atoms with Crippen molar-refractivity contribution in [1.82, 2.24) is 15.1 Å². The monoisotopic (exact) mass is 267 g/mol. The second-order valence-electron chi connectivity index (χ2n) is 5.27. The molecule has 1 unspecified atom stereocenters. The van der Waals surface area contributed by atoms with E-state index in [0.717, 1.165) is 12.2 Å². The fraction of sp³-hybridized carbons (Fsp3) is 0.786. The average Bonchev–Trinajstić information content (AvgIpc) is 3.07. The number of hydrogen-bond acceptors (Lipinski definition) is 4. The molecule has 2 rings (SSSR count). The summed E-state index contributed by atoms with van der Waals surface area (Å²) in [5.74, 6) is 0. The number of aromatic nitrogens is 2. The second-order valence-corrected chi connectivity index (χ2v) is 5.27. The molecule has 0 aromatic carbocycles. The van der Waals surface area contributed by atoms with Gasteiger partial charge in [0, 0.05) is 32.5 Å². The molecule has 108 valence electrons. The zero-order valence-electron chi connectivity index (χ0n) is 11.7. The molecule has 1 heterocycles. The van der Waals surface area contributed by atoms with Crippen LogP contribution in [-0.4, -0.2) is 41.3 Å². The third-order valence-corrected chi connectivity index (χ3v) is 3.78. The zero-order valence-corrected chi connectivity index (χ0v) is 11.7. The summed E-state index contributed by atoms with van der Waals surface area (Å²) in [4.78, 5) is 0. The number of aliphatic hydroxyl groups is 1. The Morgan fingerprint density at radius 2 is 2.32 bits per heavy atom. The van der Waals surface area contributed by atoms with Crippen molar-refractivity contribution in [1.29, 1.82) is 0 Å². The Balaban J connectivity index is 1.81. The molecule has 0 saturated heterocycles. The number of aliphatic hydroxyl groups excluding tert-OH is 1. The first-order chi connectivity index (χ1) is 9.33. The molecule has 2 N–H and O–H groups in total. The minimum atomic E-state index is 0.178. The molecule has 1 aromatic heterocycles. The molecule has 0 aliphatic heterocycles. The summed E-state index contributed by atoms with van der Waals surface area (Å²) in [6.07, 6.45) is 7.95. The first-order valence-electron chi connectivity index (χ1n) is 7.20. The van der Waals surface area contributed by atoms with Crippen molar-refractivity contribution in [2.45, 2.75) is 50.7 Å². The van der Waals surface area contributed by atoms with Crippen LogP contribution in [0.2, 0.25) is 0 Å². The highest BCUT2D eigenvalue weighted by Gasteiger charge is 2.17. The topological polar surface area (TPSA) is 59.3 Å². The number of nitrogens with one attached hydrogen (secondary N) is 1. The Morgan fingerprint density at radius 1 is 1.53 bits per heavy atom. The molecule has 0 amide bonds. The summed E-state index contributed by atoms with van der Waals surface area (Å²) in [6.45, 7) is 1.52. The molecular weight excluding hydrogens is 242 g/mol. The molecule has 1 aliphatic carbocycles. The molecule has 0 bridgehead atoms. The number of nitrogens with zero attached hydrogens (tertiary/aromatic N) is 2. The maximum atomic E-state index is 8.99. The van der Waals surface area contributed by atoms with Gasteiger partial charge in [-0.3, -0.25) is 4.68 Å². The van der Waals surface area contributed by atoms with E-state index in [4.69, 9.17) is 9.84 Å². The number of hydrogen-bond donors (Lipinski definition) is 2. The van der Waals surface area contributed by atoms with E-state index in [1.54, 1.807) is 7.11 Å². The lowest BCUT2D eigenvalue weighted by Gasteiger charge is -2.16. The van der Waals surface area contributed by atoms with Crippen LogP contribution in [0, 0.1) is 0 Å². The Hall–Kier alpha value is -0.910. The van der Waals surface area contributed by atoms with Crippen molar-refractivity contribution < 1.29 is 9.84 Å². The van der Waals surface area contributed by atoms with E-state index in [9.17, 15) is 0 Å². The van der Waals surface area contributed by atoms with Crippen LogP contribution >= 0.6 is 0 Å². The van der Waals surface area contributed by atoms with Crippen LogP contribution < -0.4 is 5.32 Å². The Kier molecular flexibility index (Phi) is 5.82. The number of methoxy groups -OCH3 is 1. The van der Waals surface area contributed by atoms with E-state index in [-0.39, 0.29) is 12.6 Å². The molecule has 19 heavy (non-hydrogen) atoms. The Labute approximate surface area is 115 Å². The zero-order chi connectivity index (χ0) is 13.5. The van der Waals surface area contributed by atoms with Crippen LogP contribution in [0.1, 0.15) is 43.8 Å². The quantitative estimate of drug-likeness (QED) is 0.749. The first-order valence-corrected chi connectivity index (χ1v) is 7.20. The third kappa shape index (κ3) is 4.30. The summed E-state index contributed by atoms with van der Waals surface area (Å²) in [7, 11) is 1.68. The van der Waals surface area contributed by atoms with Gasteiger partial charge in [0.05, 0.1) is 18.3 Å². The van der Waals surface area contributed by atoms with Crippen LogP contribution in [0.5, 0.6) is 0 Å². The highest BCUT2D eigenvalue weighted by Crippen LogP contribution is 2.28. The Morgan fingerprint density at radius 3 is 3.00 bits per heavy atom. The van der Waals surface area contributed by atoms with E-state index in [1.165, 1.54) is 25.7 Å². The lowest BCUT2D eigenvalue weighted by Crippen LogP contribution is -2.33. The van der Waals surface area contributed by atoms with Crippen molar-refractivity contribution >= 4 is 0 Å². The lowest BCUT2D eigenvalue weighted by atomic mass is 10.2. The second kappa shape index (κ2) is 7.62. The average molecular weight is 267 g/mol. The predicted molar refractivity (Wildman–Crippen MR) is 73.9 cm³/mol. The van der Waals surface area contributed by atoms with E-state index in [0.29, 0.717) is 19.1 Å². The van der Waals surface area contributed by atoms with Gasteiger partial charge in [-0.25, -0.2) is 0 Å². The van der Waals surface area contributed by atoms with E-state index >= 15 is 0 Å². The summed E-state index contributed by atoms with van der Waals surface area (Å²) in [5.41, 5.74) is 1.06. The van der Waals surface area contributed by atoms with Crippen molar-refractivity contribution in [3.8, 4) is 0 Å². The van der Waals surface area contributed by atoms with Crippen LogP contribution in [0.15, 0.2) is 12.3 Å². The van der Waals surface area contributed by atoms with E-state index in [2.05, 4.69) is 27.4 Å². The van der Waals surface area contributed by atoms with Crippen LogP contribution in [0.3, 0.4) is 0 Å². The maximum Gasteiger partial charge on any atom is 0.0762 e. The van der Waals surface area contributed by atoms with Crippen molar-refractivity contribution in [2.75, 3.05) is 20.3 Å². The molecule has 0 spiro atoms. The van der Waals surface area contributed by atoms with Gasteiger partial charge in [0.25, 0.3) is 0 Å². The van der Waals surface area contributed by atoms with E-state index < -0.39 is 0 Å².